The van der Waals surface area contributed by atoms with E-state index in [2.05, 4.69) is 11.9 Å². The molecule has 1 fully saturated rings. The maximum absolute atomic E-state index is 12.2. The second-order valence-corrected chi connectivity index (χ2v) is 7.22. The Morgan fingerprint density at radius 2 is 2.27 bits per heavy atom. The number of morpholine rings is 1. The minimum Gasteiger partial charge on any atom is -0.371 e. The summed E-state index contributed by atoms with van der Waals surface area (Å²) < 4.78 is 31.0. The molecule has 0 aliphatic carbocycles. The molecule has 2 heterocycles. The summed E-state index contributed by atoms with van der Waals surface area (Å²) in [5, 5.41) is 3.25. The predicted octanol–water partition coefficient (Wildman–Crippen LogP) is 0.752. The van der Waals surface area contributed by atoms with Gasteiger partial charge in [0.25, 0.3) is 0 Å². The molecule has 7 heteroatoms. The smallest absolute Gasteiger partial charge is 0.245 e. The fraction of sp³-hybridized carbons (Fsp3) is 0.400. The van der Waals surface area contributed by atoms with Crippen molar-refractivity contribution in [2.75, 3.05) is 29.8 Å². The third-order valence-corrected chi connectivity index (χ3v) is 5.41. The highest BCUT2D eigenvalue weighted by Crippen LogP contribution is 2.34. The van der Waals surface area contributed by atoms with Crippen molar-refractivity contribution >= 4 is 21.6 Å². The van der Waals surface area contributed by atoms with E-state index in [-0.39, 0.29) is 18.3 Å². The molecule has 1 aromatic carbocycles. The number of hydrogen-bond donors (Lipinski definition) is 1. The second-order valence-electron chi connectivity index (χ2n) is 5.35. The highest BCUT2D eigenvalue weighted by Gasteiger charge is 2.36. The van der Waals surface area contributed by atoms with Crippen LogP contribution in [0.2, 0.25) is 0 Å². The zero-order valence-corrected chi connectivity index (χ0v) is 12.9. The van der Waals surface area contributed by atoms with Crippen LogP contribution in [0, 0.1) is 0 Å². The second kappa shape index (κ2) is 5.83. The van der Waals surface area contributed by atoms with Crippen molar-refractivity contribution in [2.45, 2.75) is 12.5 Å². The molecule has 1 unspecified atom stereocenters. The van der Waals surface area contributed by atoms with Crippen molar-refractivity contribution in [1.29, 1.82) is 0 Å². The van der Waals surface area contributed by atoms with Crippen LogP contribution in [0.4, 0.5) is 5.69 Å². The van der Waals surface area contributed by atoms with Crippen LogP contribution in [0.5, 0.6) is 0 Å². The largest absolute Gasteiger partial charge is 0.371 e. The number of hydrogen-bond acceptors (Lipinski definition) is 5. The third kappa shape index (κ3) is 2.67. The molecule has 118 valence electrons. The zero-order valence-electron chi connectivity index (χ0n) is 12.1. The maximum atomic E-state index is 12.2. The molecular weight excluding hydrogens is 304 g/mol. The molecule has 6 nitrogen and oxygen atoms in total. The first-order valence-corrected chi connectivity index (χ1v) is 8.76. The molecule has 0 bridgehead atoms. The minimum absolute atomic E-state index is 0.0621. The SMILES string of the molecule is C=CCS(=O)(=O)N1C(=O)Cc2cc(C3CNCCO3)ccc21. The molecular formula is C15H18N2O4S. The number of ether oxygens (including phenoxy) is 1. The van der Waals surface area contributed by atoms with Gasteiger partial charge in [0.15, 0.2) is 0 Å². The number of sulfonamides is 1. The number of amides is 1. The number of nitrogens with zero attached hydrogens (tertiary/aromatic N) is 1. The molecule has 3 rings (SSSR count). The molecule has 2 aliphatic heterocycles. The van der Waals surface area contributed by atoms with E-state index < -0.39 is 15.9 Å². The summed E-state index contributed by atoms with van der Waals surface area (Å²) in [6.45, 7) is 5.61. The van der Waals surface area contributed by atoms with E-state index in [4.69, 9.17) is 4.74 Å². The maximum Gasteiger partial charge on any atom is 0.245 e. The quantitative estimate of drug-likeness (QED) is 0.828. The fourth-order valence-electron chi connectivity index (χ4n) is 2.82. The van der Waals surface area contributed by atoms with Gasteiger partial charge in [-0.05, 0) is 17.2 Å². The van der Waals surface area contributed by atoms with Gasteiger partial charge in [0.2, 0.25) is 15.9 Å². The van der Waals surface area contributed by atoms with Gasteiger partial charge in [-0.2, -0.15) is 0 Å². The standard InChI is InChI=1S/C15H18N2O4S/c1-2-7-22(19,20)17-13-4-3-11(8-12(13)9-15(17)18)14-10-16-5-6-21-14/h2-4,8,14,16H,1,5-7,9-10H2. The summed E-state index contributed by atoms with van der Waals surface area (Å²) in [5.41, 5.74) is 2.13. The molecule has 1 aromatic rings. The van der Waals surface area contributed by atoms with Gasteiger partial charge in [-0.15, -0.1) is 6.58 Å². The van der Waals surface area contributed by atoms with Gasteiger partial charge in [-0.3, -0.25) is 4.79 Å². The van der Waals surface area contributed by atoms with Crippen molar-refractivity contribution < 1.29 is 17.9 Å². The normalized spacial score (nSPS) is 21.7. The summed E-state index contributed by atoms with van der Waals surface area (Å²) in [4.78, 5) is 12.1. The summed E-state index contributed by atoms with van der Waals surface area (Å²) in [7, 11) is -3.69. The number of rotatable bonds is 4. The van der Waals surface area contributed by atoms with E-state index in [1.165, 1.54) is 6.08 Å². The molecule has 22 heavy (non-hydrogen) atoms. The summed E-state index contributed by atoms with van der Waals surface area (Å²) in [6, 6.07) is 5.38. The topological polar surface area (TPSA) is 75.7 Å². The van der Waals surface area contributed by atoms with Gasteiger partial charge < -0.3 is 10.1 Å². The first-order chi connectivity index (χ1) is 10.5. The molecule has 0 radical (unpaired) electrons. The average Bonchev–Trinajstić information content (AvgIpc) is 2.83. The minimum atomic E-state index is -3.69. The van der Waals surface area contributed by atoms with Gasteiger partial charge in [-0.1, -0.05) is 18.2 Å². The zero-order chi connectivity index (χ0) is 15.7. The molecule has 1 saturated heterocycles. The van der Waals surface area contributed by atoms with Gasteiger partial charge in [0.1, 0.15) is 0 Å². The van der Waals surface area contributed by atoms with Crippen LogP contribution in [0.3, 0.4) is 0 Å². The number of anilines is 1. The first kappa shape index (κ1) is 15.2. The molecule has 2 aliphatic rings. The molecule has 0 spiro atoms. The lowest BCUT2D eigenvalue weighted by molar-refractivity contribution is -0.116. The predicted molar refractivity (Wildman–Crippen MR) is 83.2 cm³/mol. The van der Waals surface area contributed by atoms with Crippen molar-refractivity contribution in [1.82, 2.24) is 5.32 Å². The summed E-state index contributed by atoms with van der Waals surface area (Å²) >= 11 is 0. The van der Waals surface area contributed by atoms with Crippen molar-refractivity contribution in [2.24, 2.45) is 0 Å². The molecule has 1 atom stereocenters. The van der Waals surface area contributed by atoms with Crippen LogP contribution in [-0.4, -0.2) is 39.8 Å². The highest BCUT2D eigenvalue weighted by atomic mass is 32.2. The molecule has 0 saturated carbocycles. The Kier molecular flexibility index (Phi) is 4.03. The number of carbonyl (C=O) groups excluding carboxylic acids is 1. The Morgan fingerprint density at radius 3 is 2.95 bits per heavy atom. The van der Waals surface area contributed by atoms with Gasteiger partial charge in [-0.25, -0.2) is 12.7 Å². The van der Waals surface area contributed by atoms with E-state index in [1.807, 2.05) is 12.1 Å². The molecule has 1 amide bonds. The van der Waals surface area contributed by atoms with E-state index in [0.29, 0.717) is 18.8 Å². The monoisotopic (exact) mass is 322 g/mol. The Hall–Kier alpha value is -1.70. The van der Waals surface area contributed by atoms with Gasteiger partial charge in [0.05, 0.1) is 30.6 Å². The Labute approximate surface area is 129 Å². The van der Waals surface area contributed by atoms with Crippen LogP contribution in [0.15, 0.2) is 30.9 Å². The summed E-state index contributed by atoms with van der Waals surface area (Å²) in [6.07, 6.45) is 1.32. The van der Waals surface area contributed by atoms with Crippen molar-refractivity contribution in [3.8, 4) is 0 Å². The Balaban J connectivity index is 1.93. The first-order valence-electron chi connectivity index (χ1n) is 7.15. The van der Waals surface area contributed by atoms with E-state index in [1.54, 1.807) is 6.07 Å². The molecule has 1 N–H and O–H groups in total. The van der Waals surface area contributed by atoms with Gasteiger partial charge >= 0.3 is 0 Å². The number of nitrogens with one attached hydrogen (secondary N) is 1. The Morgan fingerprint density at radius 1 is 1.45 bits per heavy atom. The number of benzene rings is 1. The van der Waals surface area contributed by atoms with Crippen LogP contribution in [0.25, 0.3) is 0 Å². The van der Waals surface area contributed by atoms with Crippen LogP contribution in [-0.2, 0) is 26.0 Å². The van der Waals surface area contributed by atoms with Crippen LogP contribution in [0.1, 0.15) is 17.2 Å². The van der Waals surface area contributed by atoms with E-state index in [9.17, 15) is 13.2 Å². The lowest BCUT2D eigenvalue weighted by Gasteiger charge is -2.24. The van der Waals surface area contributed by atoms with E-state index >= 15 is 0 Å². The summed E-state index contributed by atoms with van der Waals surface area (Å²) in [5.74, 6) is -0.674. The lowest BCUT2D eigenvalue weighted by atomic mass is 10.0. The average molecular weight is 322 g/mol. The van der Waals surface area contributed by atoms with Gasteiger partial charge in [0, 0.05) is 13.1 Å². The van der Waals surface area contributed by atoms with Crippen LogP contribution < -0.4 is 9.62 Å². The molecule has 0 aromatic heterocycles. The Bertz CT molecular complexity index is 708. The van der Waals surface area contributed by atoms with Crippen molar-refractivity contribution in [3.05, 3.63) is 42.0 Å². The van der Waals surface area contributed by atoms with Crippen molar-refractivity contribution in [3.63, 3.8) is 0 Å². The van der Waals surface area contributed by atoms with E-state index in [0.717, 1.165) is 22.0 Å². The fourth-order valence-corrected chi connectivity index (χ4v) is 4.12. The lowest BCUT2D eigenvalue weighted by Crippen LogP contribution is -2.35. The number of carbonyl (C=O) groups is 1. The number of fused-ring (bicyclic) bond motifs is 1. The highest BCUT2D eigenvalue weighted by molar-refractivity contribution is 7.93. The van der Waals surface area contributed by atoms with Crippen LogP contribution >= 0.6 is 0 Å². The third-order valence-electron chi connectivity index (χ3n) is 3.80.